The highest BCUT2D eigenvalue weighted by atomic mass is 32.2. The van der Waals surface area contributed by atoms with E-state index in [1.807, 2.05) is 48.5 Å². The molecule has 1 unspecified atom stereocenters. The monoisotopic (exact) mass is 453 g/mol. The van der Waals surface area contributed by atoms with Gasteiger partial charge in [-0.1, -0.05) is 78.5 Å². The number of hydrogen-bond acceptors (Lipinski definition) is 4. The Labute approximate surface area is 186 Å². The molecule has 0 spiro atoms. The molecule has 32 heavy (non-hydrogen) atoms. The molecule has 0 radical (unpaired) electrons. The summed E-state index contributed by atoms with van der Waals surface area (Å²) in [4.78, 5) is 20.3. The van der Waals surface area contributed by atoms with Gasteiger partial charge in [0.05, 0.1) is 10.8 Å². The summed E-state index contributed by atoms with van der Waals surface area (Å²) < 4.78 is 39.8. The van der Waals surface area contributed by atoms with Crippen molar-refractivity contribution < 1.29 is 18.0 Å². The van der Waals surface area contributed by atoms with Gasteiger partial charge in [-0.3, -0.25) is 4.79 Å². The van der Waals surface area contributed by atoms with Crippen LogP contribution >= 0.6 is 11.8 Å². The molecule has 8 heteroatoms. The number of alkyl halides is 3. The second-order valence-electron chi connectivity index (χ2n) is 7.03. The van der Waals surface area contributed by atoms with Gasteiger partial charge >= 0.3 is 6.18 Å². The first kappa shape index (κ1) is 21.8. The number of anilines is 1. The Morgan fingerprint density at radius 3 is 2.31 bits per heavy atom. The van der Waals surface area contributed by atoms with E-state index in [9.17, 15) is 18.0 Å². The summed E-state index contributed by atoms with van der Waals surface area (Å²) in [6.07, 6.45) is -4.68. The van der Waals surface area contributed by atoms with Crippen LogP contribution in [0.2, 0.25) is 0 Å². The summed E-state index contributed by atoms with van der Waals surface area (Å²) in [7, 11) is 0. The molecule has 0 saturated heterocycles. The first-order valence-electron chi connectivity index (χ1n) is 9.79. The molecule has 0 aliphatic heterocycles. The maximum atomic E-state index is 13.3. The molecule has 162 valence electrons. The first-order valence-corrected chi connectivity index (χ1v) is 10.7. The lowest BCUT2D eigenvalue weighted by molar-refractivity contribution is -0.145. The normalized spacial score (nSPS) is 12.5. The fourth-order valence-corrected chi connectivity index (χ4v) is 4.12. The van der Waals surface area contributed by atoms with Crippen LogP contribution in [0.25, 0.3) is 22.0 Å². The Morgan fingerprint density at radius 2 is 1.56 bits per heavy atom. The molecule has 4 nitrogen and oxygen atoms in total. The van der Waals surface area contributed by atoms with Gasteiger partial charge in [0.25, 0.3) is 0 Å². The van der Waals surface area contributed by atoms with Crippen LogP contribution in [0.1, 0.15) is 12.7 Å². The zero-order valence-corrected chi connectivity index (χ0v) is 17.7. The minimum Gasteiger partial charge on any atom is -0.325 e. The number of benzene rings is 3. The molecule has 0 aliphatic carbocycles. The second kappa shape index (κ2) is 9.00. The number of para-hydroxylation sites is 2. The molecule has 4 rings (SSSR count). The Morgan fingerprint density at radius 1 is 0.906 bits per heavy atom. The van der Waals surface area contributed by atoms with Crippen molar-refractivity contribution in [2.75, 3.05) is 5.32 Å². The van der Waals surface area contributed by atoms with E-state index in [1.165, 1.54) is 6.07 Å². The van der Waals surface area contributed by atoms with Gasteiger partial charge in [0.1, 0.15) is 5.03 Å². The SMILES string of the molecule is CC(Sc1nc(C(F)(F)F)nc2ccccc12)C(=O)Nc1ccccc1-c1ccccc1. The molecule has 3 aromatic carbocycles. The van der Waals surface area contributed by atoms with Crippen LogP contribution in [0.5, 0.6) is 0 Å². The number of amides is 1. The number of carbonyl (C=O) groups excluding carboxylic acids is 1. The molecule has 0 fully saturated rings. The number of thioether (sulfide) groups is 1. The van der Waals surface area contributed by atoms with Crippen LogP contribution in [-0.2, 0) is 11.0 Å². The smallest absolute Gasteiger partial charge is 0.325 e. The maximum absolute atomic E-state index is 13.3. The third-order valence-corrected chi connectivity index (χ3v) is 5.85. The van der Waals surface area contributed by atoms with Crippen molar-refractivity contribution in [3.05, 3.63) is 84.7 Å². The van der Waals surface area contributed by atoms with Crippen LogP contribution < -0.4 is 5.32 Å². The van der Waals surface area contributed by atoms with E-state index in [0.29, 0.717) is 11.1 Å². The van der Waals surface area contributed by atoms with Gasteiger partial charge in [0.15, 0.2) is 0 Å². The highest BCUT2D eigenvalue weighted by Crippen LogP contribution is 2.34. The molecule has 1 atom stereocenters. The summed E-state index contributed by atoms with van der Waals surface area (Å²) in [6, 6.07) is 23.4. The van der Waals surface area contributed by atoms with E-state index < -0.39 is 17.3 Å². The van der Waals surface area contributed by atoms with Crippen LogP contribution in [0, 0.1) is 0 Å². The van der Waals surface area contributed by atoms with E-state index in [-0.39, 0.29) is 16.4 Å². The first-order chi connectivity index (χ1) is 15.3. The topological polar surface area (TPSA) is 54.9 Å². The highest BCUT2D eigenvalue weighted by molar-refractivity contribution is 8.00. The van der Waals surface area contributed by atoms with Gasteiger partial charge in [-0.25, -0.2) is 9.97 Å². The summed E-state index contributed by atoms with van der Waals surface area (Å²) in [5.74, 6) is -1.56. The van der Waals surface area contributed by atoms with Crippen LogP contribution in [0.3, 0.4) is 0 Å². The van der Waals surface area contributed by atoms with Gasteiger partial charge in [-0.05, 0) is 24.6 Å². The quantitative estimate of drug-likeness (QED) is 0.279. The largest absolute Gasteiger partial charge is 0.451 e. The third kappa shape index (κ3) is 4.75. The average molecular weight is 453 g/mol. The molecule has 1 N–H and O–H groups in total. The second-order valence-corrected chi connectivity index (χ2v) is 8.36. The average Bonchev–Trinajstić information content (AvgIpc) is 2.79. The number of nitrogens with zero attached hydrogens (tertiary/aromatic N) is 2. The molecule has 4 aromatic rings. The molecule has 1 aromatic heterocycles. The molecular weight excluding hydrogens is 435 g/mol. The standard InChI is InChI=1S/C24H18F3N3OS/c1-15(21(31)28-19-13-7-5-11-17(19)16-9-3-2-4-10-16)32-22-18-12-6-8-14-20(18)29-23(30-22)24(25,26)27/h2-15H,1H3,(H,28,31). The van der Waals surface area contributed by atoms with Crippen LogP contribution in [0.15, 0.2) is 83.9 Å². The van der Waals surface area contributed by atoms with Crippen LogP contribution in [0.4, 0.5) is 18.9 Å². The minimum atomic E-state index is -4.68. The van der Waals surface area contributed by atoms with Gasteiger partial charge < -0.3 is 5.32 Å². The third-order valence-electron chi connectivity index (χ3n) is 4.75. The lowest BCUT2D eigenvalue weighted by atomic mass is 10.0. The summed E-state index contributed by atoms with van der Waals surface area (Å²) in [6.45, 7) is 1.63. The van der Waals surface area contributed by atoms with Gasteiger partial charge in [0.2, 0.25) is 11.7 Å². The number of nitrogens with one attached hydrogen (secondary N) is 1. The van der Waals surface area contributed by atoms with Crippen molar-refractivity contribution in [2.24, 2.45) is 0 Å². The summed E-state index contributed by atoms with van der Waals surface area (Å²) in [5.41, 5.74) is 2.60. The van der Waals surface area contributed by atoms with Crippen LogP contribution in [-0.4, -0.2) is 21.1 Å². The highest BCUT2D eigenvalue weighted by Gasteiger charge is 2.36. The number of rotatable bonds is 5. The van der Waals surface area contributed by atoms with E-state index in [0.717, 1.165) is 22.9 Å². The Balaban J connectivity index is 1.60. The minimum absolute atomic E-state index is 0.113. The molecular formula is C24H18F3N3OS. The Bertz CT molecular complexity index is 1260. The van der Waals surface area contributed by atoms with E-state index in [4.69, 9.17) is 0 Å². The maximum Gasteiger partial charge on any atom is 0.451 e. The Kier molecular flexibility index (Phi) is 6.14. The number of halogens is 3. The van der Waals surface area contributed by atoms with Crippen molar-refractivity contribution in [1.29, 1.82) is 0 Å². The fourth-order valence-electron chi connectivity index (χ4n) is 3.18. The molecule has 1 amide bonds. The zero-order chi connectivity index (χ0) is 22.7. The van der Waals surface area contributed by atoms with Crippen molar-refractivity contribution in [2.45, 2.75) is 23.4 Å². The number of hydrogen-bond donors (Lipinski definition) is 1. The number of carbonyl (C=O) groups is 1. The lowest BCUT2D eigenvalue weighted by Crippen LogP contribution is -2.23. The summed E-state index contributed by atoms with van der Waals surface area (Å²) >= 11 is 0.969. The number of aromatic nitrogens is 2. The van der Waals surface area contributed by atoms with Crippen molar-refractivity contribution in [1.82, 2.24) is 9.97 Å². The lowest BCUT2D eigenvalue weighted by Gasteiger charge is -2.16. The fraction of sp³-hybridized carbons (Fsp3) is 0.125. The predicted molar refractivity (Wildman–Crippen MR) is 120 cm³/mol. The van der Waals surface area contributed by atoms with Crippen molar-refractivity contribution in [3.63, 3.8) is 0 Å². The van der Waals surface area contributed by atoms with E-state index in [1.54, 1.807) is 31.2 Å². The van der Waals surface area contributed by atoms with Gasteiger partial charge in [-0.15, -0.1) is 0 Å². The van der Waals surface area contributed by atoms with Crippen molar-refractivity contribution in [3.8, 4) is 11.1 Å². The Hall–Kier alpha value is -3.39. The molecule has 0 bridgehead atoms. The van der Waals surface area contributed by atoms with Gasteiger partial charge in [-0.2, -0.15) is 13.2 Å². The van der Waals surface area contributed by atoms with E-state index in [2.05, 4.69) is 15.3 Å². The molecule has 0 aliphatic rings. The van der Waals surface area contributed by atoms with Gasteiger partial charge in [0, 0.05) is 16.6 Å². The van der Waals surface area contributed by atoms with E-state index >= 15 is 0 Å². The number of fused-ring (bicyclic) bond motifs is 1. The predicted octanol–water partition coefficient (Wildman–Crippen LogP) is 6.43. The zero-order valence-electron chi connectivity index (χ0n) is 16.9. The molecule has 0 saturated carbocycles. The van der Waals surface area contributed by atoms with Crippen molar-refractivity contribution >= 4 is 34.3 Å². The summed E-state index contributed by atoms with van der Waals surface area (Å²) in [5, 5.41) is 2.78. The molecule has 1 heterocycles.